The minimum absolute atomic E-state index is 0.110. The van der Waals surface area contributed by atoms with E-state index < -0.39 is 0 Å². The lowest BCUT2D eigenvalue weighted by Gasteiger charge is -2.59. The van der Waals surface area contributed by atoms with Crippen molar-refractivity contribution in [1.82, 2.24) is 0 Å². The van der Waals surface area contributed by atoms with Crippen LogP contribution >= 0.6 is 43.5 Å². The van der Waals surface area contributed by atoms with E-state index in [1.165, 1.54) is 18.4 Å². The fourth-order valence-electron chi connectivity index (χ4n) is 3.80. The first-order chi connectivity index (χ1) is 8.13. The summed E-state index contributed by atoms with van der Waals surface area (Å²) in [4.78, 5) is 0.838. The third-order valence-electron chi connectivity index (χ3n) is 5.61. The van der Waals surface area contributed by atoms with Crippen LogP contribution in [-0.2, 0) is 0 Å². The summed E-state index contributed by atoms with van der Waals surface area (Å²) in [5.74, 6) is 0. The van der Waals surface area contributed by atoms with Crippen LogP contribution in [0.5, 0.6) is 0 Å². The minimum atomic E-state index is -0.110. The summed E-state index contributed by atoms with van der Waals surface area (Å²) in [5.41, 5.74) is 1.93. The molecule has 2 fully saturated rings. The van der Waals surface area contributed by atoms with Crippen LogP contribution in [0, 0.1) is 10.8 Å². The first-order valence-corrected chi connectivity index (χ1v) is 9.00. The molecule has 2 rings (SSSR count). The Bertz CT molecular complexity index is 362. The Morgan fingerprint density at radius 3 is 2.33 bits per heavy atom. The number of allylic oxidation sites excluding steroid dienone is 1. The number of rotatable bonds is 0. The predicted molar refractivity (Wildman–Crippen MR) is 88.1 cm³/mol. The van der Waals surface area contributed by atoms with E-state index in [9.17, 15) is 0 Å². The molecule has 2 aliphatic rings. The Hall–Kier alpha value is 0.990. The van der Waals surface area contributed by atoms with E-state index in [4.69, 9.17) is 11.6 Å². The number of alkyl halides is 3. The third kappa shape index (κ3) is 2.15. The van der Waals surface area contributed by atoms with Crippen molar-refractivity contribution in [2.24, 2.45) is 10.8 Å². The Labute approximate surface area is 133 Å². The first kappa shape index (κ1) is 15.4. The van der Waals surface area contributed by atoms with Gasteiger partial charge in [0.15, 0.2) is 0 Å². The lowest BCUT2D eigenvalue weighted by molar-refractivity contribution is 0.0343. The molecule has 0 saturated heterocycles. The van der Waals surface area contributed by atoms with Gasteiger partial charge in [-0.25, -0.2) is 0 Å². The molecule has 0 heterocycles. The van der Waals surface area contributed by atoms with E-state index in [1.54, 1.807) is 0 Å². The molecule has 0 amide bonds. The summed E-state index contributed by atoms with van der Waals surface area (Å²) < 4.78 is 0. The molecule has 2 saturated carbocycles. The summed E-state index contributed by atoms with van der Waals surface area (Å²) in [6.45, 7) is 11.4. The van der Waals surface area contributed by atoms with Gasteiger partial charge in [0.05, 0.1) is 4.87 Å². The Kier molecular flexibility index (Phi) is 4.08. The highest BCUT2D eigenvalue weighted by Gasteiger charge is 2.57. The molecule has 2 aliphatic carbocycles. The molecular formula is C15H23Br2Cl. The van der Waals surface area contributed by atoms with Gasteiger partial charge in [-0.3, -0.25) is 0 Å². The van der Waals surface area contributed by atoms with E-state index in [0.717, 1.165) is 19.3 Å². The maximum absolute atomic E-state index is 6.61. The van der Waals surface area contributed by atoms with Gasteiger partial charge in [0.25, 0.3) is 0 Å². The molecule has 4 atom stereocenters. The molecule has 0 bridgehead atoms. The van der Waals surface area contributed by atoms with Gasteiger partial charge in [-0.15, -0.1) is 11.6 Å². The van der Waals surface area contributed by atoms with Gasteiger partial charge in [0, 0.05) is 9.65 Å². The lowest BCUT2D eigenvalue weighted by Crippen LogP contribution is -2.54. The van der Waals surface area contributed by atoms with Crippen molar-refractivity contribution in [3.05, 3.63) is 12.2 Å². The monoisotopic (exact) mass is 396 g/mol. The topological polar surface area (TPSA) is 0 Å². The summed E-state index contributed by atoms with van der Waals surface area (Å²) in [6.07, 6.45) is 5.70. The second-order valence-corrected chi connectivity index (χ2v) is 9.94. The smallest absolute Gasteiger partial charge is 0.0544 e. The molecule has 0 radical (unpaired) electrons. The van der Waals surface area contributed by atoms with Gasteiger partial charge in [-0.2, -0.15) is 0 Å². The van der Waals surface area contributed by atoms with E-state index in [1.807, 2.05) is 0 Å². The molecule has 0 aromatic carbocycles. The number of hydrogen-bond donors (Lipinski definition) is 0. The molecule has 0 aliphatic heterocycles. The largest absolute Gasteiger partial charge is 0.118 e. The van der Waals surface area contributed by atoms with Crippen LogP contribution in [0.1, 0.15) is 52.9 Å². The molecule has 3 heteroatoms. The van der Waals surface area contributed by atoms with Crippen molar-refractivity contribution in [2.45, 2.75) is 67.4 Å². The van der Waals surface area contributed by atoms with Crippen LogP contribution in [0.25, 0.3) is 0 Å². The van der Waals surface area contributed by atoms with Gasteiger partial charge >= 0.3 is 0 Å². The summed E-state index contributed by atoms with van der Waals surface area (Å²) in [5, 5.41) is 0. The normalized spacial score (nSPS) is 48.4. The van der Waals surface area contributed by atoms with E-state index in [0.29, 0.717) is 9.65 Å². The minimum Gasteiger partial charge on any atom is -0.118 e. The average Bonchev–Trinajstić information content (AvgIpc) is 2.27. The van der Waals surface area contributed by atoms with E-state index in [-0.39, 0.29) is 15.7 Å². The van der Waals surface area contributed by atoms with Gasteiger partial charge < -0.3 is 0 Å². The molecule has 0 unspecified atom stereocenters. The van der Waals surface area contributed by atoms with Crippen LogP contribution in [-0.4, -0.2) is 14.5 Å². The quantitative estimate of drug-likeness (QED) is 0.344. The second-order valence-electron chi connectivity index (χ2n) is 6.86. The van der Waals surface area contributed by atoms with Crippen LogP contribution < -0.4 is 0 Å². The molecule has 104 valence electrons. The van der Waals surface area contributed by atoms with Crippen molar-refractivity contribution in [2.75, 3.05) is 0 Å². The van der Waals surface area contributed by atoms with Crippen molar-refractivity contribution in [3.8, 4) is 0 Å². The lowest BCUT2D eigenvalue weighted by atomic mass is 9.50. The Morgan fingerprint density at radius 2 is 1.78 bits per heavy atom. The molecule has 0 nitrogen and oxygen atoms in total. The molecule has 0 aromatic heterocycles. The van der Waals surface area contributed by atoms with Crippen molar-refractivity contribution in [3.63, 3.8) is 0 Å². The molecule has 18 heavy (non-hydrogen) atoms. The zero-order valence-corrected chi connectivity index (χ0v) is 15.5. The maximum Gasteiger partial charge on any atom is 0.0544 e. The zero-order chi connectivity index (χ0) is 13.8. The second kappa shape index (κ2) is 4.77. The number of halogens is 3. The summed E-state index contributed by atoms with van der Waals surface area (Å²) in [7, 11) is 0. The van der Waals surface area contributed by atoms with E-state index in [2.05, 4.69) is 59.2 Å². The highest BCUT2D eigenvalue weighted by atomic mass is 79.9. The standard InChI is InChI=1S/C15H23Br2Cl/c1-10-5-6-11(16)13(2,3)15(10)8-7-14(4,18)12(17)9-15/h11-12H,1,5-9H2,2-4H3/t11-,12+,14+,15+/m1/s1. The van der Waals surface area contributed by atoms with Gasteiger partial charge in [-0.1, -0.05) is 57.9 Å². The number of hydrogen-bond acceptors (Lipinski definition) is 0. The maximum atomic E-state index is 6.61. The molecule has 0 N–H and O–H groups in total. The highest BCUT2D eigenvalue weighted by molar-refractivity contribution is 9.09. The average molecular weight is 399 g/mol. The van der Waals surface area contributed by atoms with Gasteiger partial charge in [0.2, 0.25) is 0 Å². The predicted octanol–water partition coefficient (Wildman–Crippen LogP) is 6.06. The van der Waals surface area contributed by atoms with Crippen molar-refractivity contribution in [1.29, 1.82) is 0 Å². The summed E-state index contributed by atoms with van der Waals surface area (Å²) in [6, 6.07) is 0. The first-order valence-electron chi connectivity index (χ1n) is 6.79. The Morgan fingerprint density at radius 1 is 1.17 bits per heavy atom. The highest BCUT2D eigenvalue weighted by Crippen LogP contribution is 2.64. The van der Waals surface area contributed by atoms with Gasteiger partial charge in [0.1, 0.15) is 0 Å². The molecule has 1 spiro atoms. The SMILES string of the molecule is C=C1CC[C@@H](Br)C(C)(C)[C@]12CC[C@](C)(Cl)[C@@H](Br)C2. The molecule has 0 aromatic rings. The van der Waals surface area contributed by atoms with Crippen LogP contribution in [0.15, 0.2) is 12.2 Å². The van der Waals surface area contributed by atoms with E-state index >= 15 is 0 Å². The zero-order valence-electron chi connectivity index (χ0n) is 11.5. The van der Waals surface area contributed by atoms with Crippen LogP contribution in [0.2, 0.25) is 0 Å². The van der Waals surface area contributed by atoms with Gasteiger partial charge in [-0.05, 0) is 49.9 Å². The van der Waals surface area contributed by atoms with Crippen LogP contribution in [0.4, 0.5) is 0 Å². The van der Waals surface area contributed by atoms with Crippen molar-refractivity contribution >= 4 is 43.5 Å². The van der Waals surface area contributed by atoms with Crippen LogP contribution in [0.3, 0.4) is 0 Å². The molecular weight excluding hydrogens is 375 g/mol. The third-order valence-corrected chi connectivity index (χ3v) is 9.27. The Balaban J connectivity index is 2.37. The van der Waals surface area contributed by atoms with Crippen molar-refractivity contribution < 1.29 is 0 Å². The fourth-order valence-corrected chi connectivity index (χ4v) is 5.42. The fraction of sp³-hybridized carbons (Fsp3) is 0.867. The summed E-state index contributed by atoms with van der Waals surface area (Å²) >= 11 is 14.4.